The Balaban J connectivity index is 0.00000261. The van der Waals surface area contributed by atoms with Gasteiger partial charge in [0.2, 0.25) is 5.91 Å². The fraction of sp³-hybridized carbons (Fsp3) is 0.300. The molecule has 0 radical (unpaired) electrons. The van der Waals surface area contributed by atoms with E-state index in [0.717, 1.165) is 5.56 Å². The third-order valence-corrected chi connectivity index (χ3v) is 4.78. The topological polar surface area (TPSA) is 75.4 Å². The first-order valence-electron chi connectivity index (χ1n) is 8.61. The van der Waals surface area contributed by atoms with E-state index >= 15 is 0 Å². The number of hydrogen-bond donors (Lipinski definition) is 2. The number of likely N-dealkylation sites (tertiary alicyclic amines) is 1. The summed E-state index contributed by atoms with van der Waals surface area (Å²) in [5.74, 6) is -0.785. The van der Waals surface area contributed by atoms with Gasteiger partial charge in [-0.2, -0.15) is 0 Å². The lowest BCUT2D eigenvalue weighted by atomic mass is 9.89. The molecule has 2 amide bonds. The third-order valence-electron chi connectivity index (χ3n) is 4.78. The summed E-state index contributed by atoms with van der Waals surface area (Å²) in [5.41, 5.74) is 7.45. The van der Waals surface area contributed by atoms with Gasteiger partial charge in [-0.3, -0.25) is 9.59 Å². The van der Waals surface area contributed by atoms with Gasteiger partial charge in [-0.05, 0) is 36.2 Å². The maximum atomic E-state index is 13.8. The van der Waals surface area contributed by atoms with Crippen molar-refractivity contribution in [2.75, 3.05) is 25.0 Å². The molecule has 3 rings (SSSR count). The summed E-state index contributed by atoms with van der Waals surface area (Å²) in [5, 5.41) is 2.41. The van der Waals surface area contributed by atoms with Gasteiger partial charge < -0.3 is 16.0 Å². The zero-order chi connectivity index (χ0) is 18.7. The minimum Gasteiger partial charge on any atom is -0.338 e. The van der Waals surface area contributed by atoms with Crippen molar-refractivity contribution in [1.82, 2.24) is 4.90 Å². The molecule has 144 valence electrons. The Morgan fingerprint density at radius 3 is 2.52 bits per heavy atom. The van der Waals surface area contributed by atoms with Crippen LogP contribution < -0.4 is 11.1 Å². The summed E-state index contributed by atoms with van der Waals surface area (Å²) in [4.78, 5) is 25.8. The van der Waals surface area contributed by atoms with Crippen LogP contribution in [0.3, 0.4) is 0 Å². The Bertz CT molecular complexity index is 816. The predicted octanol–water partition coefficient (Wildman–Crippen LogP) is 3.02. The quantitative estimate of drug-likeness (QED) is 0.841. The summed E-state index contributed by atoms with van der Waals surface area (Å²) in [6, 6.07) is 14.0. The number of rotatable bonds is 4. The highest BCUT2D eigenvalue weighted by Gasteiger charge is 2.35. The van der Waals surface area contributed by atoms with Crippen LogP contribution in [0.15, 0.2) is 48.5 Å². The first-order valence-corrected chi connectivity index (χ1v) is 8.61. The monoisotopic (exact) mass is 391 g/mol. The second-order valence-electron chi connectivity index (χ2n) is 6.60. The van der Waals surface area contributed by atoms with Crippen molar-refractivity contribution in [2.24, 2.45) is 11.7 Å². The highest BCUT2D eigenvalue weighted by atomic mass is 35.5. The fourth-order valence-electron chi connectivity index (χ4n) is 3.48. The van der Waals surface area contributed by atoms with E-state index in [2.05, 4.69) is 5.32 Å². The highest BCUT2D eigenvalue weighted by molar-refractivity contribution is 5.97. The minimum absolute atomic E-state index is 0. The van der Waals surface area contributed by atoms with E-state index in [4.69, 9.17) is 5.73 Å². The first-order chi connectivity index (χ1) is 12.5. The molecule has 2 aromatic carbocycles. The lowest BCUT2D eigenvalue weighted by Gasteiger charge is -2.17. The number of nitrogens with two attached hydrogens (primary N) is 1. The van der Waals surface area contributed by atoms with E-state index in [0.29, 0.717) is 25.2 Å². The average Bonchev–Trinajstić information content (AvgIpc) is 3.08. The number of nitrogens with zero attached hydrogens (tertiary/aromatic N) is 1. The zero-order valence-corrected chi connectivity index (χ0v) is 15.8. The van der Waals surface area contributed by atoms with Crippen molar-refractivity contribution in [3.8, 4) is 0 Å². The molecule has 0 aromatic heterocycles. The van der Waals surface area contributed by atoms with E-state index in [9.17, 15) is 14.0 Å². The van der Waals surface area contributed by atoms with Crippen molar-refractivity contribution in [3.63, 3.8) is 0 Å². The Hall–Kier alpha value is -2.44. The van der Waals surface area contributed by atoms with Crippen molar-refractivity contribution >= 4 is 29.9 Å². The number of carbonyl (C=O) groups is 2. The lowest BCUT2D eigenvalue weighted by Crippen LogP contribution is -2.30. The Morgan fingerprint density at radius 1 is 1.19 bits per heavy atom. The van der Waals surface area contributed by atoms with Crippen LogP contribution in [0, 0.1) is 11.7 Å². The van der Waals surface area contributed by atoms with Gasteiger partial charge in [0.05, 0.1) is 5.69 Å². The molecule has 0 bridgehead atoms. The van der Waals surface area contributed by atoms with Gasteiger partial charge in [-0.15, -0.1) is 12.4 Å². The number of benzene rings is 2. The fourth-order valence-corrected chi connectivity index (χ4v) is 3.48. The Kier molecular flexibility index (Phi) is 6.93. The zero-order valence-electron chi connectivity index (χ0n) is 15.0. The van der Waals surface area contributed by atoms with Crippen LogP contribution in [-0.2, 0) is 4.79 Å². The third kappa shape index (κ3) is 4.64. The molecule has 1 aliphatic heterocycles. The summed E-state index contributed by atoms with van der Waals surface area (Å²) in [7, 11) is 0. The van der Waals surface area contributed by atoms with E-state index < -0.39 is 5.82 Å². The van der Waals surface area contributed by atoms with E-state index in [-0.39, 0.29) is 41.7 Å². The van der Waals surface area contributed by atoms with Crippen LogP contribution in [-0.4, -0.2) is 36.3 Å². The molecule has 0 saturated carbocycles. The van der Waals surface area contributed by atoms with Gasteiger partial charge in [0.1, 0.15) is 5.82 Å². The molecule has 1 saturated heterocycles. The number of hydrogen-bond acceptors (Lipinski definition) is 3. The average molecular weight is 392 g/mol. The molecule has 5 nitrogen and oxygen atoms in total. The van der Waals surface area contributed by atoms with Gasteiger partial charge >= 0.3 is 0 Å². The number of carbonyl (C=O) groups excluding carboxylic acids is 2. The highest BCUT2D eigenvalue weighted by Crippen LogP contribution is 2.33. The Morgan fingerprint density at radius 2 is 1.89 bits per heavy atom. The first kappa shape index (κ1) is 20.9. The van der Waals surface area contributed by atoms with Crippen LogP contribution in [0.1, 0.15) is 28.8 Å². The molecule has 1 aliphatic rings. The van der Waals surface area contributed by atoms with Gasteiger partial charge in [0, 0.05) is 31.5 Å². The number of anilines is 1. The van der Waals surface area contributed by atoms with Crippen LogP contribution >= 0.6 is 12.4 Å². The molecule has 2 aromatic rings. The van der Waals surface area contributed by atoms with E-state index in [1.54, 1.807) is 4.90 Å². The van der Waals surface area contributed by atoms with E-state index in [1.165, 1.54) is 25.1 Å². The van der Waals surface area contributed by atoms with Crippen molar-refractivity contribution in [3.05, 3.63) is 65.5 Å². The van der Waals surface area contributed by atoms with Crippen molar-refractivity contribution in [1.29, 1.82) is 0 Å². The summed E-state index contributed by atoms with van der Waals surface area (Å²) >= 11 is 0. The largest absolute Gasteiger partial charge is 0.338 e. The normalized spacial score (nSPS) is 18.7. The molecule has 2 atom stereocenters. The van der Waals surface area contributed by atoms with Gasteiger partial charge in [-0.1, -0.05) is 30.3 Å². The summed E-state index contributed by atoms with van der Waals surface area (Å²) in [6.45, 7) is 2.91. The van der Waals surface area contributed by atoms with Crippen LogP contribution in [0.25, 0.3) is 0 Å². The molecule has 3 N–H and O–H groups in total. The molecule has 1 heterocycles. The number of halogens is 2. The summed E-state index contributed by atoms with van der Waals surface area (Å²) < 4.78 is 13.8. The number of nitrogens with one attached hydrogen (secondary N) is 1. The predicted molar refractivity (Wildman–Crippen MR) is 106 cm³/mol. The van der Waals surface area contributed by atoms with Gasteiger partial charge in [-0.25, -0.2) is 4.39 Å². The van der Waals surface area contributed by atoms with Crippen LogP contribution in [0.4, 0.5) is 10.1 Å². The lowest BCUT2D eigenvalue weighted by molar-refractivity contribution is -0.114. The molecule has 1 fully saturated rings. The Labute approximate surface area is 164 Å². The molecule has 7 heteroatoms. The second-order valence-corrected chi connectivity index (χ2v) is 6.60. The maximum absolute atomic E-state index is 13.8. The molecular weight excluding hydrogens is 369 g/mol. The van der Waals surface area contributed by atoms with Crippen molar-refractivity contribution < 1.29 is 14.0 Å². The molecular formula is C20H23ClFN3O2. The molecule has 27 heavy (non-hydrogen) atoms. The SMILES string of the molecule is CC(=O)Nc1cc(C(=O)N2C[C@@H](CN)[C@H](c3ccccc3)C2)ccc1F.Cl. The molecule has 0 unspecified atom stereocenters. The van der Waals surface area contributed by atoms with Gasteiger partial charge in [0.25, 0.3) is 5.91 Å². The number of amides is 2. The minimum atomic E-state index is -0.569. The van der Waals surface area contributed by atoms with Gasteiger partial charge in [0.15, 0.2) is 0 Å². The smallest absolute Gasteiger partial charge is 0.253 e. The molecule has 0 aliphatic carbocycles. The maximum Gasteiger partial charge on any atom is 0.253 e. The van der Waals surface area contributed by atoms with Crippen LogP contribution in [0.5, 0.6) is 0 Å². The standard InChI is InChI=1S/C20H22FN3O2.ClH/c1-13(25)23-19-9-15(7-8-18(19)21)20(26)24-11-16(10-22)17(12-24)14-5-3-2-4-6-14;/h2-9,16-17H,10-12,22H2,1H3,(H,23,25);1H/t16-,17+;/m1./s1. The molecule has 0 spiro atoms. The van der Waals surface area contributed by atoms with E-state index in [1.807, 2.05) is 30.3 Å². The van der Waals surface area contributed by atoms with Crippen molar-refractivity contribution in [2.45, 2.75) is 12.8 Å². The van der Waals surface area contributed by atoms with Crippen LogP contribution in [0.2, 0.25) is 0 Å². The summed E-state index contributed by atoms with van der Waals surface area (Å²) in [6.07, 6.45) is 0. The second kappa shape index (κ2) is 8.97.